The van der Waals surface area contributed by atoms with E-state index in [1.54, 1.807) is 0 Å². The monoisotopic (exact) mass is 158 g/mol. The summed E-state index contributed by atoms with van der Waals surface area (Å²) in [5.41, 5.74) is -0.341. The first kappa shape index (κ1) is 8.53. The van der Waals surface area contributed by atoms with E-state index in [0.29, 0.717) is 19.4 Å². The van der Waals surface area contributed by atoms with Crippen LogP contribution in [-0.2, 0) is 9.53 Å². The zero-order valence-corrected chi connectivity index (χ0v) is 6.96. The lowest BCUT2D eigenvalue weighted by molar-refractivity contribution is -0.137. The Kier molecular flexibility index (Phi) is 2.18. The molecule has 1 fully saturated rings. The van der Waals surface area contributed by atoms with Crippen molar-refractivity contribution < 1.29 is 14.6 Å². The van der Waals surface area contributed by atoms with Crippen LogP contribution in [0.5, 0.6) is 0 Å². The van der Waals surface area contributed by atoms with Gasteiger partial charge in [0, 0.05) is 5.41 Å². The van der Waals surface area contributed by atoms with Gasteiger partial charge in [0.1, 0.15) is 0 Å². The van der Waals surface area contributed by atoms with E-state index in [2.05, 4.69) is 0 Å². The minimum atomic E-state index is -0.422. The summed E-state index contributed by atoms with van der Waals surface area (Å²) in [5.74, 6) is -0.194. The molecule has 2 atom stereocenters. The Labute approximate surface area is 66.4 Å². The molecule has 0 bridgehead atoms. The summed E-state index contributed by atoms with van der Waals surface area (Å²) >= 11 is 0. The van der Waals surface area contributed by atoms with Gasteiger partial charge >= 0.3 is 5.97 Å². The highest BCUT2D eigenvalue weighted by molar-refractivity contribution is 5.72. The zero-order chi connectivity index (χ0) is 8.48. The summed E-state index contributed by atoms with van der Waals surface area (Å²) in [7, 11) is 0. The van der Waals surface area contributed by atoms with Crippen molar-refractivity contribution in [2.45, 2.75) is 32.8 Å². The molecule has 0 amide bonds. The van der Waals surface area contributed by atoms with Gasteiger partial charge in [-0.15, -0.1) is 0 Å². The minimum Gasteiger partial charge on any atom is -0.465 e. The Morgan fingerprint density at radius 1 is 1.82 bits per heavy atom. The minimum absolute atomic E-state index is 0.194. The van der Waals surface area contributed by atoms with Gasteiger partial charge in [0.25, 0.3) is 0 Å². The van der Waals surface area contributed by atoms with Crippen molar-refractivity contribution in [1.29, 1.82) is 0 Å². The van der Waals surface area contributed by atoms with Gasteiger partial charge in [0.05, 0.1) is 19.1 Å². The van der Waals surface area contributed by atoms with Crippen LogP contribution in [0.15, 0.2) is 0 Å². The molecule has 1 N–H and O–H groups in total. The number of cyclic esters (lactones) is 1. The topological polar surface area (TPSA) is 46.5 Å². The summed E-state index contributed by atoms with van der Waals surface area (Å²) in [5, 5.41) is 9.50. The van der Waals surface area contributed by atoms with Gasteiger partial charge in [0.15, 0.2) is 0 Å². The number of carbonyl (C=O) groups excluding carboxylic acids is 1. The first-order chi connectivity index (χ1) is 5.08. The Morgan fingerprint density at radius 3 is 2.82 bits per heavy atom. The molecule has 0 aliphatic carbocycles. The Hall–Kier alpha value is -0.570. The summed E-state index contributed by atoms with van der Waals surface area (Å²) in [6.45, 7) is 4.14. The fourth-order valence-electron chi connectivity index (χ4n) is 1.38. The van der Waals surface area contributed by atoms with Crippen LogP contribution in [0, 0.1) is 5.41 Å². The highest BCUT2D eigenvalue weighted by Crippen LogP contribution is 2.33. The van der Waals surface area contributed by atoms with Crippen molar-refractivity contribution in [1.82, 2.24) is 0 Å². The molecule has 0 radical (unpaired) electrons. The largest absolute Gasteiger partial charge is 0.465 e. The number of aliphatic hydroxyl groups excluding tert-OH is 1. The van der Waals surface area contributed by atoms with Gasteiger partial charge < -0.3 is 9.84 Å². The van der Waals surface area contributed by atoms with Crippen molar-refractivity contribution in [3.05, 3.63) is 0 Å². The van der Waals surface area contributed by atoms with Crippen LogP contribution < -0.4 is 0 Å². The third kappa shape index (κ3) is 1.53. The molecule has 1 heterocycles. The van der Waals surface area contributed by atoms with Crippen LogP contribution in [0.1, 0.15) is 26.7 Å². The number of hydrogen-bond acceptors (Lipinski definition) is 3. The molecular formula is C8H14O3. The zero-order valence-electron chi connectivity index (χ0n) is 6.96. The smallest absolute Gasteiger partial charge is 0.306 e. The van der Waals surface area contributed by atoms with E-state index < -0.39 is 6.10 Å². The van der Waals surface area contributed by atoms with Gasteiger partial charge in [-0.1, -0.05) is 13.8 Å². The summed E-state index contributed by atoms with van der Waals surface area (Å²) in [4.78, 5) is 10.7. The van der Waals surface area contributed by atoms with Gasteiger partial charge in [-0.05, 0) is 6.42 Å². The van der Waals surface area contributed by atoms with Crippen molar-refractivity contribution in [2.24, 2.45) is 5.41 Å². The standard InChI is InChI=1S/C8H14O3/c1-3-6(9)8(2)4-7(10)11-5-8/h6,9H,3-5H2,1-2H3. The molecule has 64 valence electrons. The van der Waals surface area contributed by atoms with Gasteiger partial charge in [-0.2, -0.15) is 0 Å². The molecule has 1 aliphatic rings. The fourth-order valence-corrected chi connectivity index (χ4v) is 1.38. The number of aliphatic hydroxyl groups is 1. The van der Waals surface area contributed by atoms with Crippen molar-refractivity contribution >= 4 is 5.97 Å². The first-order valence-electron chi connectivity index (χ1n) is 3.92. The average molecular weight is 158 g/mol. The average Bonchev–Trinajstić information content (AvgIpc) is 2.31. The van der Waals surface area contributed by atoms with Gasteiger partial charge in [-0.25, -0.2) is 0 Å². The van der Waals surface area contributed by atoms with E-state index in [4.69, 9.17) is 4.74 Å². The second-order valence-corrected chi connectivity index (χ2v) is 3.42. The molecule has 0 saturated carbocycles. The van der Waals surface area contributed by atoms with Gasteiger partial charge in [0.2, 0.25) is 0 Å². The van der Waals surface area contributed by atoms with Crippen LogP contribution in [-0.4, -0.2) is 23.8 Å². The molecule has 0 spiro atoms. The molecule has 2 unspecified atom stereocenters. The molecule has 3 nitrogen and oxygen atoms in total. The van der Waals surface area contributed by atoms with Crippen molar-refractivity contribution in [2.75, 3.05) is 6.61 Å². The molecule has 1 saturated heterocycles. The van der Waals surface area contributed by atoms with Crippen molar-refractivity contribution in [3.8, 4) is 0 Å². The Morgan fingerprint density at radius 2 is 2.45 bits per heavy atom. The molecule has 0 aromatic rings. The lowest BCUT2D eigenvalue weighted by atomic mass is 9.82. The van der Waals surface area contributed by atoms with Gasteiger partial charge in [-0.3, -0.25) is 4.79 Å². The number of hydrogen-bond donors (Lipinski definition) is 1. The van der Waals surface area contributed by atoms with Crippen LogP contribution in [0.25, 0.3) is 0 Å². The second-order valence-electron chi connectivity index (χ2n) is 3.42. The highest BCUT2D eigenvalue weighted by Gasteiger charge is 2.41. The molecule has 11 heavy (non-hydrogen) atoms. The molecule has 0 aromatic heterocycles. The third-order valence-corrected chi connectivity index (χ3v) is 2.30. The van der Waals surface area contributed by atoms with E-state index in [0.717, 1.165) is 0 Å². The molecular weight excluding hydrogens is 144 g/mol. The van der Waals surface area contributed by atoms with E-state index in [9.17, 15) is 9.90 Å². The second kappa shape index (κ2) is 2.81. The van der Waals surface area contributed by atoms with E-state index >= 15 is 0 Å². The summed E-state index contributed by atoms with van der Waals surface area (Å²) in [6.07, 6.45) is 0.601. The predicted octanol–water partition coefficient (Wildman–Crippen LogP) is 0.711. The third-order valence-electron chi connectivity index (χ3n) is 2.30. The molecule has 3 heteroatoms. The normalized spacial score (nSPS) is 33.5. The van der Waals surface area contributed by atoms with E-state index in [1.165, 1.54) is 0 Å². The van der Waals surface area contributed by atoms with Crippen LogP contribution in [0.3, 0.4) is 0 Å². The lowest BCUT2D eigenvalue weighted by Gasteiger charge is -2.25. The first-order valence-corrected chi connectivity index (χ1v) is 3.92. The lowest BCUT2D eigenvalue weighted by Crippen LogP contribution is -2.32. The van der Waals surface area contributed by atoms with Crippen LogP contribution in [0.2, 0.25) is 0 Å². The van der Waals surface area contributed by atoms with Crippen LogP contribution >= 0.6 is 0 Å². The Bertz CT molecular complexity index is 167. The SMILES string of the molecule is CCC(O)C1(C)COC(=O)C1. The number of esters is 1. The number of rotatable bonds is 2. The van der Waals surface area contributed by atoms with Crippen LogP contribution in [0.4, 0.5) is 0 Å². The quantitative estimate of drug-likeness (QED) is 0.602. The highest BCUT2D eigenvalue weighted by atomic mass is 16.5. The molecule has 1 rings (SSSR count). The maximum atomic E-state index is 10.7. The predicted molar refractivity (Wildman–Crippen MR) is 40.0 cm³/mol. The van der Waals surface area contributed by atoms with Crippen molar-refractivity contribution in [3.63, 3.8) is 0 Å². The van der Waals surface area contributed by atoms with E-state index in [1.807, 2.05) is 13.8 Å². The van der Waals surface area contributed by atoms with E-state index in [-0.39, 0.29) is 11.4 Å². The Balaban J connectivity index is 2.61. The number of ether oxygens (including phenoxy) is 1. The number of carbonyl (C=O) groups is 1. The summed E-state index contributed by atoms with van der Waals surface area (Å²) in [6, 6.07) is 0. The maximum absolute atomic E-state index is 10.7. The maximum Gasteiger partial charge on any atom is 0.306 e. The summed E-state index contributed by atoms with van der Waals surface area (Å²) < 4.78 is 4.79. The molecule has 0 aromatic carbocycles. The molecule has 1 aliphatic heterocycles. The fraction of sp³-hybridized carbons (Fsp3) is 0.875.